The van der Waals surface area contributed by atoms with Gasteiger partial charge in [-0.15, -0.1) is 0 Å². The Labute approximate surface area is 128 Å². The first kappa shape index (κ1) is 15.0. The molecule has 0 N–H and O–H groups in total. The Morgan fingerprint density at radius 2 is 1.63 bits per heavy atom. The molecule has 1 atom stereocenters. The highest BCUT2D eigenvalue weighted by Crippen LogP contribution is 2.60. The zero-order valence-electron chi connectivity index (χ0n) is 10.6. The molecule has 1 unspecified atom stereocenters. The summed E-state index contributed by atoms with van der Waals surface area (Å²) in [5, 5.41) is 0.581. The van der Waals surface area contributed by atoms with Crippen LogP contribution in [0.2, 0.25) is 5.02 Å². The SMILES string of the molecule is Cc1cccc(C)c1SP(Cl)Oc1ccccc1Cl. The predicted molar refractivity (Wildman–Crippen MR) is 86.6 cm³/mol. The molecule has 0 aliphatic carbocycles. The van der Waals surface area contributed by atoms with E-state index in [1.807, 2.05) is 24.3 Å². The van der Waals surface area contributed by atoms with Crippen LogP contribution in [0.5, 0.6) is 5.75 Å². The average molecular weight is 331 g/mol. The van der Waals surface area contributed by atoms with Crippen molar-refractivity contribution in [2.24, 2.45) is 0 Å². The lowest BCUT2D eigenvalue weighted by Crippen LogP contribution is -1.85. The van der Waals surface area contributed by atoms with E-state index in [0.717, 1.165) is 0 Å². The maximum absolute atomic E-state index is 6.31. The van der Waals surface area contributed by atoms with Crippen LogP contribution < -0.4 is 4.52 Å². The molecule has 0 radical (unpaired) electrons. The van der Waals surface area contributed by atoms with Crippen molar-refractivity contribution >= 4 is 40.9 Å². The van der Waals surface area contributed by atoms with Gasteiger partial charge in [0.25, 0.3) is 6.70 Å². The minimum absolute atomic E-state index is 0.581. The summed E-state index contributed by atoms with van der Waals surface area (Å²) in [5.41, 5.74) is 2.42. The molecule has 0 aliphatic heterocycles. The first-order valence-corrected chi connectivity index (χ1v) is 9.67. The number of para-hydroxylation sites is 1. The van der Waals surface area contributed by atoms with Gasteiger partial charge >= 0.3 is 0 Å². The highest BCUT2D eigenvalue weighted by atomic mass is 35.7. The van der Waals surface area contributed by atoms with Crippen molar-refractivity contribution < 1.29 is 4.52 Å². The summed E-state index contributed by atoms with van der Waals surface area (Å²) in [6, 6.07) is 13.6. The molecule has 0 saturated heterocycles. The molecular formula is C14H13Cl2OPS. The number of rotatable bonds is 4. The zero-order valence-corrected chi connectivity index (χ0v) is 13.8. The van der Waals surface area contributed by atoms with Gasteiger partial charge in [0.05, 0.1) is 5.02 Å². The van der Waals surface area contributed by atoms with E-state index in [2.05, 4.69) is 26.0 Å². The molecule has 19 heavy (non-hydrogen) atoms. The highest BCUT2D eigenvalue weighted by molar-refractivity contribution is 8.61. The fourth-order valence-electron chi connectivity index (χ4n) is 1.63. The normalized spacial score (nSPS) is 12.2. The van der Waals surface area contributed by atoms with Crippen LogP contribution in [0.3, 0.4) is 0 Å². The average Bonchev–Trinajstić information content (AvgIpc) is 2.37. The second-order valence-electron chi connectivity index (χ2n) is 4.05. The van der Waals surface area contributed by atoms with Gasteiger partial charge in [-0.3, -0.25) is 0 Å². The van der Waals surface area contributed by atoms with E-state index >= 15 is 0 Å². The van der Waals surface area contributed by atoms with Gasteiger partial charge < -0.3 is 4.52 Å². The quantitative estimate of drug-likeness (QED) is 0.584. The lowest BCUT2D eigenvalue weighted by Gasteiger charge is -2.14. The second kappa shape index (κ2) is 6.85. The Morgan fingerprint density at radius 3 is 2.26 bits per heavy atom. The fraction of sp³-hybridized carbons (Fsp3) is 0.143. The minimum atomic E-state index is -1.18. The third kappa shape index (κ3) is 4.03. The Hall–Kier alpha value is -0.400. The number of hydrogen-bond acceptors (Lipinski definition) is 2. The third-order valence-electron chi connectivity index (χ3n) is 2.58. The molecule has 5 heteroatoms. The molecule has 0 aliphatic rings. The summed E-state index contributed by atoms with van der Waals surface area (Å²) >= 11 is 13.9. The van der Waals surface area contributed by atoms with Gasteiger partial charge in [-0.1, -0.05) is 41.9 Å². The van der Waals surface area contributed by atoms with Crippen LogP contribution in [-0.4, -0.2) is 0 Å². The van der Waals surface area contributed by atoms with E-state index in [1.165, 1.54) is 16.0 Å². The minimum Gasteiger partial charge on any atom is -0.446 e. The Bertz CT molecular complexity index is 557. The molecule has 0 saturated carbocycles. The molecule has 0 aromatic heterocycles. The number of halogens is 2. The number of hydrogen-bond donors (Lipinski definition) is 0. The molecule has 100 valence electrons. The van der Waals surface area contributed by atoms with Gasteiger partial charge in [-0.2, -0.15) is 0 Å². The van der Waals surface area contributed by atoms with Crippen molar-refractivity contribution in [3.05, 3.63) is 58.6 Å². The van der Waals surface area contributed by atoms with Gasteiger partial charge in [0, 0.05) is 4.90 Å². The molecule has 0 fully saturated rings. The largest absolute Gasteiger partial charge is 0.446 e. The van der Waals surface area contributed by atoms with Crippen molar-refractivity contribution in [3.63, 3.8) is 0 Å². The van der Waals surface area contributed by atoms with Crippen LogP contribution in [0.15, 0.2) is 47.4 Å². The molecule has 2 rings (SSSR count). The maximum atomic E-state index is 6.31. The Balaban J connectivity index is 2.10. The number of benzene rings is 2. The molecular weight excluding hydrogens is 318 g/mol. The maximum Gasteiger partial charge on any atom is 0.251 e. The van der Waals surface area contributed by atoms with Crippen LogP contribution in [-0.2, 0) is 0 Å². The van der Waals surface area contributed by atoms with Crippen molar-refractivity contribution in [1.29, 1.82) is 0 Å². The number of aryl methyl sites for hydroxylation is 2. The van der Waals surface area contributed by atoms with Crippen LogP contribution in [0, 0.1) is 13.8 Å². The van der Waals surface area contributed by atoms with E-state index in [0.29, 0.717) is 10.8 Å². The van der Waals surface area contributed by atoms with Crippen molar-refractivity contribution in [2.45, 2.75) is 18.7 Å². The Kier molecular flexibility index (Phi) is 5.41. The van der Waals surface area contributed by atoms with Gasteiger partial charge in [-0.05, 0) is 59.7 Å². The Morgan fingerprint density at radius 1 is 1.00 bits per heavy atom. The standard InChI is InChI=1S/C14H13Cl2OPS/c1-10-6-5-7-11(2)14(10)19-18(16)17-13-9-4-3-8-12(13)15/h3-9H,1-2H3. The molecule has 2 aromatic carbocycles. The van der Waals surface area contributed by atoms with E-state index in [4.69, 9.17) is 27.4 Å². The van der Waals surface area contributed by atoms with Gasteiger partial charge in [0.1, 0.15) is 5.75 Å². The molecule has 0 bridgehead atoms. The van der Waals surface area contributed by atoms with Crippen molar-refractivity contribution in [2.75, 3.05) is 0 Å². The summed E-state index contributed by atoms with van der Waals surface area (Å²) in [6.45, 7) is 2.97. The molecule has 0 amide bonds. The lowest BCUT2D eigenvalue weighted by atomic mass is 10.2. The van der Waals surface area contributed by atoms with E-state index in [-0.39, 0.29) is 0 Å². The monoisotopic (exact) mass is 330 g/mol. The molecule has 2 aromatic rings. The van der Waals surface area contributed by atoms with E-state index in [9.17, 15) is 0 Å². The highest BCUT2D eigenvalue weighted by Gasteiger charge is 2.14. The summed E-state index contributed by atoms with van der Waals surface area (Å²) in [7, 11) is 0. The first-order chi connectivity index (χ1) is 9.08. The topological polar surface area (TPSA) is 9.23 Å². The van der Waals surface area contributed by atoms with Crippen LogP contribution in [0.25, 0.3) is 0 Å². The predicted octanol–water partition coefficient (Wildman–Crippen LogP) is 6.59. The lowest BCUT2D eigenvalue weighted by molar-refractivity contribution is 0.639. The van der Waals surface area contributed by atoms with Gasteiger partial charge in [0.15, 0.2) is 0 Å². The van der Waals surface area contributed by atoms with Crippen LogP contribution in [0.1, 0.15) is 11.1 Å². The molecule has 0 spiro atoms. The molecule has 0 heterocycles. The summed E-state index contributed by atoms with van der Waals surface area (Å²) in [6.07, 6.45) is 0. The van der Waals surface area contributed by atoms with Gasteiger partial charge in [-0.25, -0.2) is 0 Å². The first-order valence-electron chi connectivity index (χ1n) is 5.70. The summed E-state index contributed by atoms with van der Waals surface area (Å²) in [4.78, 5) is 1.18. The fourth-order valence-corrected chi connectivity index (χ4v) is 5.27. The third-order valence-corrected chi connectivity index (χ3v) is 6.23. The summed E-state index contributed by atoms with van der Waals surface area (Å²) < 4.78 is 5.72. The van der Waals surface area contributed by atoms with Gasteiger partial charge in [0.2, 0.25) is 0 Å². The van der Waals surface area contributed by atoms with Crippen molar-refractivity contribution in [3.8, 4) is 5.75 Å². The van der Waals surface area contributed by atoms with Crippen LogP contribution in [0.4, 0.5) is 0 Å². The van der Waals surface area contributed by atoms with Crippen LogP contribution >= 0.6 is 40.9 Å². The molecule has 1 nitrogen and oxygen atoms in total. The van der Waals surface area contributed by atoms with E-state index in [1.54, 1.807) is 17.4 Å². The summed E-state index contributed by atoms with van der Waals surface area (Å²) in [5.74, 6) is 0.629. The second-order valence-corrected chi connectivity index (χ2v) is 8.72. The zero-order chi connectivity index (χ0) is 13.8. The van der Waals surface area contributed by atoms with Crippen molar-refractivity contribution in [1.82, 2.24) is 0 Å². The van der Waals surface area contributed by atoms with E-state index < -0.39 is 6.70 Å². The smallest absolute Gasteiger partial charge is 0.251 e.